The number of hydrogen-bond acceptors (Lipinski definition) is 3. The van der Waals surface area contributed by atoms with E-state index in [4.69, 9.17) is 0 Å². The van der Waals surface area contributed by atoms with Gasteiger partial charge >= 0.3 is 6.18 Å². The highest BCUT2D eigenvalue weighted by Gasteiger charge is 2.34. The van der Waals surface area contributed by atoms with Gasteiger partial charge in [0.1, 0.15) is 0 Å². The van der Waals surface area contributed by atoms with Crippen LogP contribution in [0, 0.1) is 0 Å². The Balaban J connectivity index is 1.75. The molecule has 0 heterocycles. The number of benzene rings is 3. The minimum Gasteiger partial charge on any atom is -0.322 e. The summed E-state index contributed by atoms with van der Waals surface area (Å²) >= 11 is 0. The van der Waals surface area contributed by atoms with Crippen LogP contribution in [-0.2, 0) is 22.7 Å². The van der Waals surface area contributed by atoms with Gasteiger partial charge < -0.3 is 5.32 Å². The molecule has 1 amide bonds. The quantitative estimate of drug-likeness (QED) is 0.590. The van der Waals surface area contributed by atoms with Crippen molar-refractivity contribution in [3.05, 3.63) is 95.6 Å². The summed E-state index contributed by atoms with van der Waals surface area (Å²) in [5.41, 5.74) is -0.573. The van der Waals surface area contributed by atoms with Crippen molar-refractivity contribution in [1.29, 1.82) is 0 Å². The molecule has 0 aliphatic heterocycles. The maximum absolute atomic E-state index is 13.1. The molecule has 0 bridgehead atoms. The minimum atomic E-state index is -4.67. The lowest BCUT2D eigenvalue weighted by Gasteiger charge is -2.17. The van der Waals surface area contributed by atoms with Crippen molar-refractivity contribution in [2.45, 2.75) is 17.6 Å². The molecule has 0 unspecified atom stereocenters. The predicted molar refractivity (Wildman–Crippen MR) is 111 cm³/mol. The number of amides is 1. The van der Waals surface area contributed by atoms with E-state index in [-0.39, 0.29) is 17.1 Å². The Labute approximate surface area is 178 Å². The summed E-state index contributed by atoms with van der Waals surface area (Å²) in [6, 6.07) is 18.8. The van der Waals surface area contributed by atoms with E-state index in [1.807, 2.05) is 30.3 Å². The van der Waals surface area contributed by atoms with Crippen LogP contribution in [0.1, 0.15) is 21.5 Å². The lowest BCUT2D eigenvalue weighted by molar-refractivity contribution is -0.137. The monoisotopic (exact) mass is 448 g/mol. The maximum Gasteiger partial charge on any atom is 0.417 e. The molecule has 3 aromatic rings. The smallest absolute Gasteiger partial charge is 0.322 e. The van der Waals surface area contributed by atoms with E-state index in [0.29, 0.717) is 0 Å². The average Bonchev–Trinajstić information content (AvgIpc) is 2.74. The third-order valence-electron chi connectivity index (χ3n) is 4.55. The third kappa shape index (κ3) is 5.31. The van der Waals surface area contributed by atoms with E-state index in [1.165, 1.54) is 47.8 Å². The molecule has 3 rings (SSSR count). The number of halogens is 3. The van der Waals surface area contributed by atoms with Crippen LogP contribution in [0.2, 0.25) is 0 Å². The van der Waals surface area contributed by atoms with Gasteiger partial charge in [0.15, 0.2) is 0 Å². The Bertz CT molecular complexity index is 1160. The molecule has 31 heavy (non-hydrogen) atoms. The van der Waals surface area contributed by atoms with Crippen molar-refractivity contribution in [2.24, 2.45) is 0 Å². The zero-order valence-electron chi connectivity index (χ0n) is 16.4. The van der Waals surface area contributed by atoms with Crippen LogP contribution in [0.5, 0.6) is 0 Å². The first-order valence-electron chi connectivity index (χ1n) is 9.17. The number of anilines is 1. The zero-order chi connectivity index (χ0) is 22.6. The first-order valence-corrected chi connectivity index (χ1v) is 10.6. The fourth-order valence-corrected chi connectivity index (χ4v) is 4.10. The molecule has 0 aliphatic rings. The molecule has 0 radical (unpaired) electrons. The van der Waals surface area contributed by atoms with E-state index >= 15 is 0 Å². The number of carbonyl (C=O) groups excluding carboxylic acids is 1. The van der Waals surface area contributed by atoms with Crippen molar-refractivity contribution >= 4 is 21.6 Å². The molecule has 162 valence electrons. The van der Waals surface area contributed by atoms with Crippen LogP contribution in [0.3, 0.4) is 0 Å². The van der Waals surface area contributed by atoms with E-state index < -0.39 is 33.2 Å². The Kier molecular flexibility index (Phi) is 6.47. The summed E-state index contributed by atoms with van der Waals surface area (Å²) in [5.74, 6) is -0.940. The molecule has 1 N–H and O–H groups in total. The molecule has 3 aromatic carbocycles. The second-order valence-electron chi connectivity index (χ2n) is 6.77. The number of rotatable bonds is 6. The van der Waals surface area contributed by atoms with Gasteiger partial charge in [-0.3, -0.25) is 4.79 Å². The fourth-order valence-electron chi connectivity index (χ4n) is 2.94. The highest BCUT2D eigenvalue weighted by molar-refractivity contribution is 7.89. The van der Waals surface area contributed by atoms with Crippen LogP contribution < -0.4 is 5.32 Å². The van der Waals surface area contributed by atoms with Gasteiger partial charge in [0.2, 0.25) is 10.0 Å². The number of sulfonamides is 1. The first-order chi connectivity index (χ1) is 14.6. The summed E-state index contributed by atoms with van der Waals surface area (Å²) in [4.78, 5) is 12.3. The number of carbonyl (C=O) groups is 1. The summed E-state index contributed by atoms with van der Waals surface area (Å²) in [5, 5.41) is 2.37. The van der Waals surface area contributed by atoms with Crippen LogP contribution in [0.4, 0.5) is 18.9 Å². The molecule has 5 nitrogen and oxygen atoms in total. The van der Waals surface area contributed by atoms with Crippen LogP contribution >= 0.6 is 0 Å². The SMILES string of the molecule is CN(Cc1ccccc1)S(=O)(=O)c1ccc(NC(=O)c2ccccc2C(F)(F)F)cc1. The average molecular weight is 448 g/mol. The van der Waals surface area contributed by atoms with Crippen molar-refractivity contribution < 1.29 is 26.4 Å². The summed E-state index contributed by atoms with van der Waals surface area (Å²) < 4.78 is 66.0. The number of nitrogens with zero attached hydrogens (tertiary/aromatic N) is 1. The molecule has 0 aromatic heterocycles. The highest BCUT2D eigenvalue weighted by atomic mass is 32.2. The predicted octanol–water partition coefficient (Wildman–Crippen LogP) is 4.78. The Morgan fingerprint density at radius 3 is 2.10 bits per heavy atom. The van der Waals surface area contributed by atoms with E-state index in [9.17, 15) is 26.4 Å². The lowest BCUT2D eigenvalue weighted by atomic mass is 10.1. The van der Waals surface area contributed by atoms with Crippen LogP contribution in [0.25, 0.3) is 0 Å². The first kappa shape index (κ1) is 22.5. The van der Waals surface area contributed by atoms with Crippen LogP contribution in [-0.4, -0.2) is 25.7 Å². The third-order valence-corrected chi connectivity index (χ3v) is 6.36. The summed E-state index contributed by atoms with van der Waals surface area (Å²) in [6.45, 7) is 0.176. The van der Waals surface area contributed by atoms with Crippen molar-refractivity contribution in [3.8, 4) is 0 Å². The van der Waals surface area contributed by atoms with E-state index in [0.717, 1.165) is 17.7 Å². The molecule has 0 fully saturated rings. The fraction of sp³-hybridized carbons (Fsp3) is 0.136. The Morgan fingerprint density at radius 1 is 0.903 bits per heavy atom. The van der Waals surface area contributed by atoms with Gasteiger partial charge in [-0.1, -0.05) is 42.5 Å². The van der Waals surface area contributed by atoms with Gasteiger partial charge in [0.25, 0.3) is 5.91 Å². The van der Waals surface area contributed by atoms with Gasteiger partial charge in [-0.2, -0.15) is 17.5 Å². The van der Waals surface area contributed by atoms with Crippen molar-refractivity contribution in [1.82, 2.24) is 4.31 Å². The standard InChI is InChI=1S/C22H19F3N2O3S/c1-27(15-16-7-3-2-4-8-16)31(29,30)18-13-11-17(12-14-18)26-21(28)19-9-5-6-10-20(19)22(23,24)25/h2-14H,15H2,1H3,(H,26,28). The zero-order valence-corrected chi connectivity index (χ0v) is 17.2. The van der Waals surface area contributed by atoms with Gasteiger partial charge in [-0.05, 0) is 42.0 Å². The molecular formula is C22H19F3N2O3S. The van der Waals surface area contributed by atoms with E-state index in [2.05, 4.69) is 5.32 Å². The molecule has 0 saturated heterocycles. The topological polar surface area (TPSA) is 66.5 Å². The Morgan fingerprint density at radius 2 is 1.48 bits per heavy atom. The number of nitrogens with one attached hydrogen (secondary N) is 1. The highest BCUT2D eigenvalue weighted by Crippen LogP contribution is 2.32. The van der Waals surface area contributed by atoms with E-state index in [1.54, 1.807) is 0 Å². The maximum atomic E-state index is 13.1. The summed E-state index contributed by atoms with van der Waals surface area (Å²) in [7, 11) is -2.34. The van der Waals surface area contributed by atoms with Gasteiger partial charge in [-0.25, -0.2) is 8.42 Å². The van der Waals surface area contributed by atoms with Gasteiger partial charge in [0, 0.05) is 19.3 Å². The van der Waals surface area contributed by atoms with Crippen LogP contribution in [0.15, 0.2) is 83.8 Å². The van der Waals surface area contributed by atoms with Gasteiger partial charge in [-0.15, -0.1) is 0 Å². The van der Waals surface area contributed by atoms with Crippen molar-refractivity contribution in [2.75, 3.05) is 12.4 Å². The molecular weight excluding hydrogens is 429 g/mol. The second kappa shape index (κ2) is 8.91. The number of alkyl halides is 3. The Hall–Kier alpha value is -3.17. The molecule has 0 atom stereocenters. The second-order valence-corrected chi connectivity index (χ2v) is 8.81. The summed E-state index contributed by atoms with van der Waals surface area (Å²) in [6.07, 6.45) is -4.67. The van der Waals surface area contributed by atoms with Gasteiger partial charge in [0.05, 0.1) is 16.0 Å². The molecule has 9 heteroatoms. The minimum absolute atomic E-state index is 0.000350. The molecule has 0 spiro atoms. The molecule has 0 saturated carbocycles. The lowest BCUT2D eigenvalue weighted by Crippen LogP contribution is -2.26. The largest absolute Gasteiger partial charge is 0.417 e. The normalized spacial score (nSPS) is 12.0. The molecule has 0 aliphatic carbocycles. The van der Waals surface area contributed by atoms with Crippen molar-refractivity contribution in [3.63, 3.8) is 0 Å². The number of hydrogen-bond donors (Lipinski definition) is 1.